The molecule has 0 saturated carbocycles. The van der Waals surface area contributed by atoms with Gasteiger partial charge in [0.25, 0.3) is 10.0 Å². The van der Waals surface area contributed by atoms with E-state index in [2.05, 4.69) is 20.3 Å². The fourth-order valence-electron chi connectivity index (χ4n) is 6.69. The van der Waals surface area contributed by atoms with Gasteiger partial charge in [-0.3, -0.25) is 14.6 Å². The standard InChI is InChI=1S/C43H59N5O8S/c1-27-28(2)38(29(3)33-22-23-43(8,9)55-37(27)33)57(52,53)48-40(44)45-24-16-21-34(35(49)25-31-17-12-10-13-18-31)46-39(50)36(47-41(51)56-42(5,6)7)30(4)54-26-32-19-14-11-15-20-32/h10-15,17-20,30,34,36H,16,21-26H2,1-9H3,(H,46,50)(H,47,51)(H3,44,45,48)/t30-,34+,36+/m1/s1. The second-order valence-corrected chi connectivity index (χ2v) is 17.8. The summed E-state index contributed by atoms with van der Waals surface area (Å²) < 4.78 is 47.6. The van der Waals surface area contributed by atoms with Crippen LogP contribution in [0.1, 0.15) is 94.2 Å². The normalized spacial score (nSPS) is 15.6. The number of ketones is 1. The molecule has 57 heavy (non-hydrogen) atoms. The van der Waals surface area contributed by atoms with Crippen molar-refractivity contribution in [2.24, 2.45) is 10.7 Å². The van der Waals surface area contributed by atoms with Gasteiger partial charge in [-0.2, -0.15) is 0 Å². The first-order chi connectivity index (χ1) is 26.7. The number of fused-ring (bicyclic) bond motifs is 1. The molecule has 0 bridgehead atoms. The van der Waals surface area contributed by atoms with Crippen LogP contribution in [0.4, 0.5) is 4.79 Å². The molecule has 1 aliphatic rings. The molecule has 13 nitrogen and oxygen atoms in total. The van der Waals surface area contributed by atoms with Gasteiger partial charge in [0, 0.05) is 13.0 Å². The number of sulfonamides is 1. The Kier molecular flexibility index (Phi) is 14.9. The van der Waals surface area contributed by atoms with Gasteiger partial charge in [-0.1, -0.05) is 60.7 Å². The first-order valence-corrected chi connectivity index (χ1v) is 20.8. The number of hydrogen-bond acceptors (Lipinski definition) is 9. The molecular weight excluding hydrogens is 747 g/mol. The molecule has 5 N–H and O–H groups in total. The highest BCUT2D eigenvalue weighted by Gasteiger charge is 2.35. The van der Waals surface area contributed by atoms with E-state index in [1.165, 1.54) is 0 Å². The summed E-state index contributed by atoms with van der Waals surface area (Å²) in [6.07, 6.45) is 0.259. The summed E-state index contributed by atoms with van der Waals surface area (Å²) in [7, 11) is -4.11. The van der Waals surface area contributed by atoms with Gasteiger partial charge < -0.3 is 30.6 Å². The Morgan fingerprint density at radius 2 is 1.54 bits per heavy atom. The average Bonchev–Trinajstić information content (AvgIpc) is 3.12. The van der Waals surface area contributed by atoms with E-state index in [1.807, 2.05) is 81.4 Å². The number of alkyl carbamates (subject to hydrolysis) is 1. The van der Waals surface area contributed by atoms with Crippen LogP contribution >= 0.6 is 0 Å². The van der Waals surface area contributed by atoms with Crippen molar-refractivity contribution in [2.45, 2.75) is 135 Å². The molecule has 4 rings (SSSR count). The van der Waals surface area contributed by atoms with Crippen molar-refractivity contribution in [3.8, 4) is 5.75 Å². The highest BCUT2D eigenvalue weighted by molar-refractivity contribution is 7.90. The summed E-state index contributed by atoms with van der Waals surface area (Å²) in [6.45, 7) is 16.4. The van der Waals surface area contributed by atoms with Crippen LogP contribution in [0.5, 0.6) is 5.75 Å². The molecule has 0 aliphatic carbocycles. The molecule has 0 unspecified atom stereocenters. The third-order valence-electron chi connectivity index (χ3n) is 9.81. The Balaban J connectivity index is 1.49. The number of ether oxygens (including phenoxy) is 3. The van der Waals surface area contributed by atoms with Gasteiger partial charge in [-0.15, -0.1) is 0 Å². The molecule has 310 valence electrons. The molecule has 0 radical (unpaired) electrons. The van der Waals surface area contributed by atoms with Crippen LogP contribution < -0.4 is 25.8 Å². The molecule has 14 heteroatoms. The Morgan fingerprint density at radius 1 is 0.930 bits per heavy atom. The summed E-state index contributed by atoms with van der Waals surface area (Å²) in [6, 6.07) is 16.3. The Morgan fingerprint density at radius 3 is 2.16 bits per heavy atom. The maximum atomic E-state index is 14.0. The number of nitrogens with one attached hydrogen (secondary N) is 3. The van der Waals surface area contributed by atoms with Crippen molar-refractivity contribution in [3.05, 3.63) is 94.0 Å². The van der Waals surface area contributed by atoms with E-state index < -0.39 is 45.8 Å². The van der Waals surface area contributed by atoms with Crippen LogP contribution in [0, 0.1) is 20.8 Å². The average molecular weight is 806 g/mol. The number of nitrogens with zero attached hydrogens (tertiary/aromatic N) is 1. The number of guanidine groups is 1. The van der Waals surface area contributed by atoms with Gasteiger partial charge in [-0.25, -0.2) is 17.9 Å². The lowest BCUT2D eigenvalue weighted by molar-refractivity contribution is -0.131. The molecule has 0 spiro atoms. The van der Waals surface area contributed by atoms with Crippen molar-refractivity contribution < 1.29 is 37.0 Å². The maximum absolute atomic E-state index is 14.0. The topological polar surface area (TPSA) is 188 Å². The lowest BCUT2D eigenvalue weighted by Gasteiger charge is -2.35. The molecule has 0 saturated heterocycles. The van der Waals surface area contributed by atoms with Crippen molar-refractivity contribution in [1.29, 1.82) is 0 Å². The van der Waals surface area contributed by atoms with Crippen LogP contribution in [0.3, 0.4) is 0 Å². The molecular formula is C43H59N5O8S. The number of Topliss-reactive ketones (excluding diaryl/α,β-unsaturated/α-hetero) is 1. The predicted octanol–water partition coefficient (Wildman–Crippen LogP) is 5.88. The van der Waals surface area contributed by atoms with Crippen molar-refractivity contribution in [3.63, 3.8) is 0 Å². The maximum Gasteiger partial charge on any atom is 0.408 e. The second kappa shape index (κ2) is 19.0. The van der Waals surface area contributed by atoms with Crippen molar-refractivity contribution >= 4 is 33.8 Å². The summed E-state index contributed by atoms with van der Waals surface area (Å²) in [5.74, 6) is -0.471. The molecule has 2 amide bonds. The lowest BCUT2D eigenvalue weighted by atomic mass is 9.88. The van der Waals surface area contributed by atoms with E-state index in [9.17, 15) is 22.8 Å². The number of rotatable bonds is 16. The quantitative estimate of drug-likeness (QED) is 0.0779. The minimum atomic E-state index is -4.11. The van der Waals surface area contributed by atoms with Gasteiger partial charge in [-0.05, 0) is 121 Å². The zero-order valence-electron chi connectivity index (χ0n) is 34.7. The van der Waals surface area contributed by atoms with Gasteiger partial charge in [0.2, 0.25) is 11.9 Å². The molecule has 1 heterocycles. The highest BCUT2D eigenvalue weighted by atomic mass is 32.2. The molecule has 3 aromatic rings. The molecule has 3 atom stereocenters. The van der Waals surface area contributed by atoms with E-state index in [1.54, 1.807) is 41.5 Å². The molecule has 1 aliphatic heterocycles. The smallest absolute Gasteiger partial charge is 0.408 e. The number of aliphatic imine (C=N–C) groups is 1. The molecule has 0 fully saturated rings. The van der Waals surface area contributed by atoms with E-state index in [0.717, 1.165) is 34.4 Å². The SMILES string of the molecule is Cc1c(C)c(S(=O)(=O)NC(N)=NCCC[C@H](NC(=O)[C@@H](NC(=O)OC(C)(C)C)[C@@H](C)OCc2ccccc2)C(=O)Cc2ccccc2)c(C)c2c1OC(C)(C)CC2. The Hall–Kier alpha value is -4.95. The second-order valence-electron chi connectivity index (χ2n) is 16.2. The van der Waals surface area contributed by atoms with Gasteiger partial charge in [0.05, 0.1) is 23.6 Å². The summed E-state index contributed by atoms with van der Waals surface area (Å²) in [4.78, 5) is 45.0. The summed E-state index contributed by atoms with van der Waals surface area (Å²) in [5, 5.41) is 5.47. The third-order valence-corrected chi connectivity index (χ3v) is 11.4. The zero-order valence-corrected chi connectivity index (χ0v) is 35.5. The Labute approximate surface area is 337 Å². The first-order valence-electron chi connectivity index (χ1n) is 19.3. The highest BCUT2D eigenvalue weighted by Crippen LogP contribution is 2.42. The lowest BCUT2D eigenvalue weighted by Crippen LogP contribution is -2.57. The van der Waals surface area contributed by atoms with Crippen LogP contribution in [0.25, 0.3) is 0 Å². The summed E-state index contributed by atoms with van der Waals surface area (Å²) >= 11 is 0. The fraction of sp³-hybridized carbons (Fsp3) is 0.488. The van der Waals surface area contributed by atoms with Crippen LogP contribution in [0.2, 0.25) is 0 Å². The third kappa shape index (κ3) is 12.8. The number of amides is 2. The monoisotopic (exact) mass is 805 g/mol. The number of carbonyl (C=O) groups is 3. The number of hydrogen-bond donors (Lipinski definition) is 4. The zero-order chi connectivity index (χ0) is 42.1. The minimum absolute atomic E-state index is 0.0443. The number of nitrogens with two attached hydrogens (primary N) is 1. The van der Waals surface area contributed by atoms with Crippen LogP contribution in [-0.2, 0) is 48.5 Å². The largest absolute Gasteiger partial charge is 0.487 e. The minimum Gasteiger partial charge on any atom is -0.487 e. The van der Waals surface area contributed by atoms with E-state index in [0.29, 0.717) is 17.5 Å². The fourth-order valence-corrected chi connectivity index (χ4v) is 8.22. The first kappa shape index (κ1) is 44.8. The molecule has 0 aromatic heterocycles. The number of benzene rings is 3. The summed E-state index contributed by atoms with van der Waals surface area (Å²) in [5.41, 5.74) is 9.39. The van der Waals surface area contributed by atoms with Gasteiger partial charge in [0.1, 0.15) is 23.0 Å². The van der Waals surface area contributed by atoms with Crippen LogP contribution in [0.15, 0.2) is 70.6 Å². The molecule has 3 aromatic carbocycles. The van der Waals surface area contributed by atoms with E-state index in [4.69, 9.17) is 19.9 Å². The van der Waals surface area contributed by atoms with E-state index in [-0.39, 0.29) is 54.7 Å². The Bertz CT molecular complexity index is 2030. The predicted molar refractivity (Wildman–Crippen MR) is 221 cm³/mol. The van der Waals surface area contributed by atoms with Crippen molar-refractivity contribution in [1.82, 2.24) is 15.4 Å². The van der Waals surface area contributed by atoms with Gasteiger partial charge in [0.15, 0.2) is 5.78 Å². The van der Waals surface area contributed by atoms with Gasteiger partial charge >= 0.3 is 6.09 Å². The van der Waals surface area contributed by atoms with E-state index >= 15 is 0 Å². The van der Waals surface area contributed by atoms with Crippen LogP contribution in [-0.4, -0.2) is 68.1 Å². The van der Waals surface area contributed by atoms with Crippen molar-refractivity contribution in [2.75, 3.05) is 6.54 Å². The number of carbonyl (C=O) groups excluding carboxylic acids is 3.